The average molecular weight is 477 g/mol. The minimum absolute atomic E-state index is 0.0407. The maximum absolute atomic E-state index is 13.3. The molecular formula is C24H23N5O6. The molecule has 0 unspecified atom stereocenters. The van der Waals surface area contributed by atoms with Crippen LogP contribution < -0.4 is 15.1 Å². The van der Waals surface area contributed by atoms with E-state index in [0.29, 0.717) is 37.6 Å². The molecule has 2 aliphatic heterocycles. The van der Waals surface area contributed by atoms with Gasteiger partial charge >= 0.3 is 6.03 Å². The largest absolute Gasteiger partial charge is 0.367 e. The molecule has 0 radical (unpaired) electrons. The lowest BCUT2D eigenvalue weighted by molar-refractivity contribution is -0.384. The topological polar surface area (TPSA) is 133 Å². The number of carbonyl (C=O) groups is 4. The Morgan fingerprint density at radius 2 is 1.77 bits per heavy atom. The first kappa shape index (κ1) is 23.6. The minimum atomic E-state index is -0.886. The second kappa shape index (κ2) is 9.37. The van der Waals surface area contributed by atoms with E-state index in [1.165, 1.54) is 25.1 Å². The Labute approximate surface area is 200 Å². The Morgan fingerprint density at radius 3 is 2.40 bits per heavy atom. The second-order valence-electron chi connectivity index (χ2n) is 8.29. The minimum Gasteiger partial charge on any atom is -0.367 e. The quantitative estimate of drug-likeness (QED) is 0.309. The third-order valence-corrected chi connectivity index (χ3v) is 5.95. The number of nitrogens with one attached hydrogen (secondary N) is 1. The van der Waals surface area contributed by atoms with Crippen LogP contribution in [0.3, 0.4) is 0 Å². The number of benzene rings is 2. The van der Waals surface area contributed by atoms with E-state index in [2.05, 4.69) is 5.32 Å². The number of nitro benzene ring substituents is 1. The predicted octanol–water partition coefficient (Wildman–Crippen LogP) is 2.24. The molecule has 2 aromatic rings. The number of nitro groups is 1. The maximum Gasteiger partial charge on any atom is 0.335 e. The number of anilines is 2. The van der Waals surface area contributed by atoms with Crippen molar-refractivity contribution in [3.05, 3.63) is 69.3 Å². The predicted molar refractivity (Wildman–Crippen MR) is 128 cm³/mol. The summed E-state index contributed by atoms with van der Waals surface area (Å²) in [5.41, 5.74) is 1.44. The van der Waals surface area contributed by atoms with E-state index in [1.54, 1.807) is 42.2 Å². The van der Waals surface area contributed by atoms with Crippen LogP contribution in [0.25, 0.3) is 6.08 Å². The summed E-state index contributed by atoms with van der Waals surface area (Å²) in [5, 5.41) is 13.6. The Balaban J connectivity index is 1.75. The lowest BCUT2D eigenvalue weighted by atomic mass is 10.0. The van der Waals surface area contributed by atoms with Crippen molar-refractivity contribution < 1.29 is 24.1 Å². The number of non-ortho nitro benzene ring substituents is 1. The molecule has 11 heteroatoms. The van der Waals surface area contributed by atoms with E-state index in [9.17, 15) is 29.3 Å². The summed E-state index contributed by atoms with van der Waals surface area (Å²) >= 11 is 0. The van der Waals surface area contributed by atoms with Crippen molar-refractivity contribution in [1.29, 1.82) is 0 Å². The first-order valence-corrected chi connectivity index (χ1v) is 10.9. The van der Waals surface area contributed by atoms with Gasteiger partial charge in [0, 0.05) is 56.5 Å². The van der Waals surface area contributed by atoms with Gasteiger partial charge in [0.2, 0.25) is 5.91 Å². The molecule has 2 saturated heterocycles. The normalized spacial score (nSPS) is 17.6. The lowest BCUT2D eigenvalue weighted by Gasteiger charge is -2.36. The van der Waals surface area contributed by atoms with Crippen LogP contribution in [0.2, 0.25) is 0 Å². The van der Waals surface area contributed by atoms with Gasteiger partial charge in [0.25, 0.3) is 17.5 Å². The molecule has 4 rings (SSSR count). The van der Waals surface area contributed by atoms with Gasteiger partial charge in [0.15, 0.2) is 0 Å². The van der Waals surface area contributed by atoms with Gasteiger partial charge in [-0.25, -0.2) is 9.69 Å². The molecule has 2 aliphatic rings. The highest BCUT2D eigenvalue weighted by Crippen LogP contribution is 2.30. The number of piperazine rings is 1. The van der Waals surface area contributed by atoms with Gasteiger partial charge in [-0.1, -0.05) is 12.1 Å². The van der Waals surface area contributed by atoms with Crippen LogP contribution in [0.1, 0.15) is 18.1 Å². The average Bonchev–Trinajstić information content (AvgIpc) is 2.81. The monoisotopic (exact) mass is 477 g/mol. The molecule has 0 aliphatic carbocycles. The first-order valence-electron chi connectivity index (χ1n) is 10.9. The van der Waals surface area contributed by atoms with Gasteiger partial charge in [-0.05, 0) is 36.8 Å². The van der Waals surface area contributed by atoms with Gasteiger partial charge in [-0.3, -0.25) is 29.8 Å². The fraction of sp³-hybridized carbons (Fsp3) is 0.250. The van der Waals surface area contributed by atoms with E-state index in [-0.39, 0.29) is 22.7 Å². The van der Waals surface area contributed by atoms with E-state index in [0.717, 1.165) is 10.5 Å². The lowest BCUT2D eigenvalue weighted by Crippen LogP contribution is -2.54. The zero-order chi connectivity index (χ0) is 25.3. The van der Waals surface area contributed by atoms with Crippen LogP contribution in [0.5, 0.6) is 0 Å². The van der Waals surface area contributed by atoms with Crippen molar-refractivity contribution in [2.24, 2.45) is 0 Å². The molecule has 2 aromatic carbocycles. The van der Waals surface area contributed by atoms with Crippen LogP contribution in [0.4, 0.5) is 21.9 Å². The SMILES string of the molecule is CC(=O)N1CCN(c2ccc([N+](=O)[O-])cc2/C=C2/C(=O)NC(=O)N(c3cccc(C)c3)C2=O)CC1. The Hall–Kier alpha value is -4.54. The van der Waals surface area contributed by atoms with E-state index in [1.807, 2.05) is 4.90 Å². The fourth-order valence-electron chi connectivity index (χ4n) is 4.14. The number of barbiturate groups is 1. The van der Waals surface area contributed by atoms with Crippen molar-refractivity contribution in [3.63, 3.8) is 0 Å². The molecule has 2 fully saturated rings. The second-order valence-corrected chi connectivity index (χ2v) is 8.29. The van der Waals surface area contributed by atoms with E-state index in [4.69, 9.17) is 0 Å². The summed E-state index contributed by atoms with van der Waals surface area (Å²) in [6.07, 6.45) is 1.27. The molecule has 0 atom stereocenters. The zero-order valence-electron chi connectivity index (χ0n) is 19.2. The molecule has 35 heavy (non-hydrogen) atoms. The summed E-state index contributed by atoms with van der Waals surface area (Å²) < 4.78 is 0. The molecule has 5 amide bonds. The van der Waals surface area contributed by atoms with Gasteiger partial charge < -0.3 is 9.80 Å². The van der Waals surface area contributed by atoms with Gasteiger partial charge in [-0.15, -0.1) is 0 Å². The third-order valence-electron chi connectivity index (χ3n) is 5.95. The third kappa shape index (κ3) is 4.74. The van der Waals surface area contributed by atoms with E-state index >= 15 is 0 Å². The standard InChI is InChI=1S/C24H23N5O6/c1-15-4-3-5-18(12-15)28-23(32)20(22(31)25-24(28)33)14-17-13-19(29(34)35)6-7-21(17)27-10-8-26(9-11-27)16(2)30/h3-7,12-14H,8-11H2,1-2H3,(H,25,31,33)/b20-14-. The van der Waals surface area contributed by atoms with Crippen LogP contribution >= 0.6 is 0 Å². The van der Waals surface area contributed by atoms with Crippen molar-refractivity contribution in [1.82, 2.24) is 10.2 Å². The highest BCUT2D eigenvalue weighted by atomic mass is 16.6. The van der Waals surface area contributed by atoms with Crippen molar-refractivity contribution in [2.75, 3.05) is 36.0 Å². The zero-order valence-corrected chi connectivity index (χ0v) is 19.2. The summed E-state index contributed by atoms with van der Waals surface area (Å²) in [6, 6.07) is 10.0. The Bertz CT molecular complexity index is 1280. The molecule has 0 saturated carbocycles. The number of carbonyl (C=O) groups excluding carboxylic acids is 4. The highest BCUT2D eigenvalue weighted by Gasteiger charge is 2.37. The molecule has 0 aromatic heterocycles. The number of amides is 5. The van der Waals surface area contributed by atoms with Crippen LogP contribution in [0, 0.1) is 17.0 Å². The van der Waals surface area contributed by atoms with E-state index < -0.39 is 22.8 Å². The van der Waals surface area contributed by atoms with Crippen LogP contribution in [-0.4, -0.2) is 59.8 Å². The van der Waals surface area contributed by atoms with Gasteiger partial charge in [-0.2, -0.15) is 0 Å². The summed E-state index contributed by atoms with van der Waals surface area (Å²) in [7, 11) is 0. The molecule has 1 N–H and O–H groups in total. The van der Waals surface area contributed by atoms with Crippen molar-refractivity contribution in [2.45, 2.75) is 13.8 Å². The van der Waals surface area contributed by atoms with Crippen LogP contribution in [-0.2, 0) is 14.4 Å². The van der Waals surface area contributed by atoms with Gasteiger partial charge in [0.1, 0.15) is 5.57 Å². The number of aryl methyl sites for hydroxylation is 1. The maximum atomic E-state index is 13.3. The van der Waals surface area contributed by atoms with Crippen molar-refractivity contribution in [3.8, 4) is 0 Å². The molecule has 0 spiro atoms. The molecular weight excluding hydrogens is 454 g/mol. The van der Waals surface area contributed by atoms with Crippen molar-refractivity contribution >= 4 is 46.9 Å². The number of hydrogen-bond acceptors (Lipinski definition) is 7. The fourth-order valence-corrected chi connectivity index (χ4v) is 4.14. The number of imide groups is 2. The number of hydrogen-bond donors (Lipinski definition) is 1. The number of rotatable bonds is 4. The Kier molecular flexibility index (Phi) is 6.32. The molecule has 11 nitrogen and oxygen atoms in total. The number of nitrogens with zero attached hydrogens (tertiary/aromatic N) is 4. The van der Waals surface area contributed by atoms with Gasteiger partial charge in [0.05, 0.1) is 10.6 Å². The molecule has 180 valence electrons. The molecule has 0 bridgehead atoms. The smallest absolute Gasteiger partial charge is 0.335 e. The summed E-state index contributed by atoms with van der Waals surface area (Å²) in [5.74, 6) is -1.76. The summed E-state index contributed by atoms with van der Waals surface area (Å²) in [4.78, 5) is 65.4. The number of urea groups is 1. The van der Waals surface area contributed by atoms with Crippen LogP contribution in [0.15, 0.2) is 48.0 Å². The summed E-state index contributed by atoms with van der Waals surface area (Å²) in [6.45, 7) is 5.18. The Morgan fingerprint density at radius 1 is 1.06 bits per heavy atom. The highest BCUT2D eigenvalue weighted by molar-refractivity contribution is 6.39. The molecule has 2 heterocycles. The first-order chi connectivity index (χ1) is 16.7.